The largest absolute Gasteiger partial charge is 0.416 e. The van der Waals surface area contributed by atoms with Crippen molar-refractivity contribution in [3.8, 4) is 0 Å². The number of halogens is 3. The van der Waals surface area contributed by atoms with Crippen LogP contribution in [-0.2, 0) is 17.3 Å². The fourth-order valence-electron chi connectivity index (χ4n) is 1.68. The second-order valence-electron chi connectivity index (χ2n) is 4.08. The van der Waals surface area contributed by atoms with Gasteiger partial charge in [-0.3, -0.25) is 0 Å². The topological polar surface area (TPSA) is 9.23 Å². The van der Waals surface area contributed by atoms with Gasteiger partial charge in [0.15, 0.2) is 0 Å². The fraction of sp³-hybridized carbons (Fsp3) is 0.500. The van der Waals surface area contributed by atoms with Gasteiger partial charge in [0.1, 0.15) is 0 Å². The second kappa shape index (κ2) is 7.41. The van der Waals surface area contributed by atoms with Crippen LogP contribution < -0.4 is 0 Å². The molecule has 0 aromatic heterocycles. The summed E-state index contributed by atoms with van der Waals surface area (Å²) in [5, 5.41) is 0. The van der Waals surface area contributed by atoms with Crippen LogP contribution in [0.1, 0.15) is 30.4 Å². The average molecular weight is 259 g/mol. The van der Waals surface area contributed by atoms with Crippen molar-refractivity contribution >= 4 is 0 Å². The minimum atomic E-state index is -4.29. The van der Waals surface area contributed by atoms with Crippen LogP contribution in [0.15, 0.2) is 24.3 Å². The van der Waals surface area contributed by atoms with E-state index in [2.05, 4.69) is 6.92 Å². The predicted molar refractivity (Wildman–Crippen MR) is 65.2 cm³/mol. The van der Waals surface area contributed by atoms with Gasteiger partial charge >= 0.3 is 6.18 Å². The Bertz CT molecular complexity index is 347. The molecule has 1 aromatic rings. The molecule has 0 saturated heterocycles. The minimum absolute atomic E-state index is 0.292. The summed E-state index contributed by atoms with van der Waals surface area (Å²) in [5.74, 6) is 0. The van der Waals surface area contributed by atoms with Gasteiger partial charge in [-0.2, -0.15) is 13.2 Å². The Morgan fingerprint density at radius 1 is 1.06 bits per heavy atom. The second-order valence-corrected chi connectivity index (χ2v) is 4.08. The van der Waals surface area contributed by atoms with E-state index in [1.54, 1.807) is 6.07 Å². The van der Waals surface area contributed by atoms with E-state index >= 15 is 0 Å². The molecule has 18 heavy (non-hydrogen) atoms. The van der Waals surface area contributed by atoms with Gasteiger partial charge in [0.25, 0.3) is 0 Å². The van der Waals surface area contributed by atoms with E-state index in [-0.39, 0.29) is 0 Å². The van der Waals surface area contributed by atoms with Crippen LogP contribution in [0.3, 0.4) is 0 Å². The molecule has 0 amide bonds. The Hall–Kier alpha value is -1.03. The molecule has 0 aliphatic carbocycles. The van der Waals surface area contributed by atoms with Crippen LogP contribution in [0.4, 0.5) is 13.2 Å². The van der Waals surface area contributed by atoms with Gasteiger partial charge in [-0.05, 0) is 24.5 Å². The molecule has 0 atom stereocenters. The van der Waals surface area contributed by atoms with Crippen LogP contribution in [-0.4, -0.2) is 13.2 Å². The first-order valence-electron chi connectivity index (χ1n) is 6.08. The molecule has 0 spiro atoms. The Balaban J connectivity index is 2.43. The molecule has 1 nitrogen and oxygen atoms in total. The number of unbranched alkanes of at least 4 members (excludes halogenated alkanes) is 2. The number of alkyl halides is 3. The lowest BCUT2D eigenvalue weighted by molar-refractivity contribution is -0.138. The number of rotatable bonds is 7. The first-order valence-corrected chi connectivity index (χ1v) is 6.08. The molecule has 0 aliphatic rings. The SMILES string of the molecule is [CH2]CCCCOCCc1ccccc1C(F)(F)F. The lowest BCUT2D eigenvalue weighted by Crippen LogP contribution is -2.11. The maximum atomic E-state index is 12.7. The Morgan fingerprint density at radius 3 is 2.44 bits per heavy atom. The van der Waals surface area contributed by atoms with Gasteiger partial charge in [-0.25, -0.2) is 0 Å². The fourth-order valence-corrected chi connectivity index (χ4v) is 1.68. The zero-order valence-electron chi connectivity index (χ0n) is 10.3. The molecule has 4 heteroatoms. The Morgan fingerprint density at radius 2 is 1.78 bits per heavy atom. The van der Waals surface area contributed by atoms with Crippen LogP contribution >= 0.6 is 0 Å². The van der Waals surface area contributed by atoms with Crippen molar-refractivity contribution in [3.05, 3.63) is 42.3 Å². The summed E-state index contributed by atoms with van der Waals surface area (Å²) in [7, 11) is 0. The third kappa shape index (κ3) is 5.08. The molecule has 1 radical (unpaired) electrons. The van der Waals surface area contributed by atoms with Crippen LogP contribution in [0, 0.1) is 6.92 Å². The van der Waals surface area contributed by atoms with Gasteiger partial charge in [-0.15, -0.1) is 0 Å². The molecular formula is C14H18F3O. The van der Waals surface area contributed by atoms with Crippen LogP contribution in [0.2, 0.25) is 0 Å². The normalized spacial score (nSPS) is 11.8. The van der Waals surface area contributed by atoms with Crippen LogP contribution in [0.25, 0.3) is 0 Å². The summed E-state index contributed by atoms with van der Waals surface area (Å²) < 4.78 is 43.3. The number of hydrogen-bond donors (Lipinski definition) is 0. The van der Waals surface area contributed by atoms with Gasteiger partial charge in [0, 0.05) is 6.61 Å². The summed E-state index contributed by atoms with van der Waals surface area (Å²) in [5.41, 5.74) is -0.270. The first kappa shape index (κ1) is 15.0. The monoisotopic (exact) mass is 259 g/mol. The Labute approximate surface area is 106 Å². The quantitative estimate of drug-likeness (QED) is 0.664. The molecular weight excluding hydrogens is 241 g/mol. The van der Waals surface area contributed by atoms with Gasteiger partial charge in [0.2, 0.25) is 0 Å². The summed E-state index contributed by atoms with van der Waals surface area (Å²) in [4.78, 5) is 0. The van der Waals surface area contributed by atoms with Crippen molar-refractivity contribution in [2.24, 2.45) is 0 Å². The molecule has 0 saturated carbocycles. The number of hydrogen-bond acceptors (Lipinski definition) is 1. The molecule has 1 rings (SSSR count). The highest BCUT2D eigenvalue weighted by Gasteiger charge is 2.32. The van der Waals surface area contributed by atoms with Gasteiger partial charge in [-0.1, -0.05) is 38.0 Å². The van der Waals surface area contributed by atoms with Crippen molar-refractivity contribution in [2.45, 2.75) is 31.9 Å². The highest BCUT2D eigenvalue weighted by Crippen LogP contribution is 2.31. The molecule has 0 fully saturated rings. The Kier molecular flexibility index (Phi) is 6.19. The number of ether oxygens (including phenoxy) is 1. The van der Waals surface area contributed by atoms with E-state index in [1.165, 1.54) is 12.1 Å². The van der Waals surface area contributed by atoms with Gasteiger partial charge in [0.05, 0.1) is 12.2 Å². The maximum absolute atomic E-state index is 12.7. The molecule has 0 aliphatic heterocycles. The predicted octanol–water partition coefficient (Wildman–Crippen LogP) is 4.27. The lowest BCUT2D eigenvalue weighted by atomic mass is 10.0. The highest BCUT2D eigenvalue weighted by atomic mass is 19.4. The van der Waals surface area contributed by atoms with E-state index < -0.39 is 11.7 Å². The zero-order chi connectivity index (χ0) is 13.4. The minimum Gasteiger partial charge on any atom is -0.381 e. The van der Waals surface area contributed by atoms with E-state index in [4.69, 9.17) is 4.74 Å². The smallest absolute Gasteiger partial charge is 0.381 e. The zero-order valence-corrected chi connectivity index (χ0v) is 10.3. The summed E-state index contributed by atoms with van der Waals surface area (Å²) >= 11 is 0. The third-order valence-electron chi connectivity index (χ3n) is 2.63. The van der Waals surface area contributed by atoms with Crippen molar-refractivity contribution in [3.63, 3.8) is 0 Å². The summed E-state index contributed by atoms with van der Waals surface area (Å²) in [6.45, 7) is 4.62. The first-order chi connectivity index (χ1) is 8.55. The molecule has 0 unspecified atom stereocenters. The summed E-state index contributed by atoms with van der Waals surface area (Å²) in [6, 6.07) is 5.63. The van der Waals surface area contributed by atoms with E-state index in [1.807, 2.05) is 0 Å². The maximum Gasteiger partial charge on any atom is 0.416 e. The van der Waals surface area contributed by atoms with E-state index in [0.29, 0.717) is 25.2 Å². The average Bonchev–Trinajstić information content (AvgIpc) is 2.33. The van der Waals surface area contributed by atoms with Crippen molar-refractivity contribution in [1.29, 1.82) is 0 Å². The third-order valence-corrected chi connectivity index (χ3v) is 2.63. The molecule has 0 N–H and O–H groups in total. The van der Waals surface area contributed by atoms with Crippen LogP contribution in [0.5, 0.6) is 0 Å². The van der Waals surface area contributed by atoms with Gasteiger partial charge < -0.3 is 4.74 Å². The van der Waals surface area contributed by atoms with E-state index in [9.17, 15) is 13.2 Å². The highest BCUT2D eigenvalue weighted by molar-refractivity contribution is 5.29. The van der Waals surface area contributed by atoms with E-state index in [0.717, 1.165) is 25.3 Å². The lowest BCUT2D eigenvalue weighted by Gasteiger charge is -2.12. The van der Waals surface area contributed by atoms with Crippen molar-refractivity contribution in [1.82, 2.24) is 0 Å². The molecule has 0 bridgehead atoms. The molecule has 1 aromatic carbocycles. The standard InChI is InChI=1S/C14H18F3O/c1-2-3-6-10-18-11-9-12-7-4-5-8-13(12)14(15,16)17/h4-5,7-8H,1-3,6,9-11H2. The van der Waals surface area contributed by atoms with Crippen molar-refractivity contribution in [2.75, 3.05) is 13.2 Å². The number of benzene rings is 1. The molecule has 101 valence electrons. The molecule has 0 heterocycles. The van der Waals surface area contributed by atoms with Crippen molar-refractivity contribution < 1.29 is 17.9 Å². The summed E-state index contributed by atoms with van der Waals surface area (Å²) in [6.07, 6.45) is -1.24.